The van der Waals surface area contributed by atoms with Crippen molar-refractivity contribution in [3.05, 3.63) is 65.8 Å². The molecule has 8 heteroatoms. The van der Waals surface area contributed by atoms with Gasteiger partial charge in [-0.1, -0.05) is 12.1 Å². The minimum Gasteiger partial charge on any atom is -0.449 e. The summed E-state index contributed by atoms with van der Waals surface area (Å²) in [7, 11) is 0. The van der Waals surface area contributed by atoms with Crippen LogP contribution < -0.4 is 4.90 Å². The number of nitrogens with zero attached hydrogens (tertiary/aromatic N) is 3. The predicted molar refractivity (Wildman–Crippen MR) is 102 cm³/mol. The van der Waals surface area contributed by atoms with E-state index in [2.05, 4.69) is 10.2 Å². The Balaban J connectivity index is 1.51. The molecule has 1 aliphatic rings. The summed E-state index contributed by atoms with van der Waals surface area (Å²) < 4.78 is 24.1. The van der Waals surface area contributed by atoms with Gasteiger partial charge in [-0.2, -0.15) is 0 Å². The zero-order valence-corrected chi connectivity index (χ0v) is 15.7. The molecule has 1 atom stereocenters. The van der Waals surface area contributed by atoms with Crippen molar-refractivity contribution < 1.29 is 23.1 Å². The molecule has 3 aromatic rings. The van der Waals surface area contributed by atoms with Crippen molar-refractivity contribution in [3.63, 3.8) is 0 Å². The fourth-order valence-electron chi connectivity index (χ4n) is 3.17. The van der Waals surface area contributed by atoms with Gasteiger partial charge in [0.25, 0.3) is 5.89 Å². The smallest absolute Gasteiger partial charge is 0.341 e. The Bertz CT molecular complexity index is 1050. The molecule has 148 valence electrons. The number of halogens is 1. The van der Waals surface area contributed by atoms with Gasteiger partial charge in [0, 0.05) is 18.5 Å². The van der Waals surface area contributed by atoms with Gasteiger partial charge in [-0.3, -0.25) is 4.79 Å². The van der Waals surface area contributed by atoms with Crippen molar-refractivity contribution in [2.24, 2.45) is 0 Å². The first-order valence-electron chi connectivity index (χ1n) is 9.22. The van der Waals surface area contributed by atoms with Crippen LogP contribution in [0.1, 0.15) is 42.1 Å². The average Bonchev–Trinajstić information content (AvgIpc) is 3.38. The Kier molecular flexibility index (Phi) is 5.07. The van der Waals surface area contributed by atoms with Gasteiger partial charge in [0.1, 0.15) is 5.82 Å². The second kappa shape index (κ2) is 7.83. The first kappa shape index (κ1) is 18.8. The van der Waals surface area contributed by atoms with Crippen molar-refractivity contribution >= 4 is 17.6 Å². The summed E-state index contributed by atoms with van der Waals surface area (Å²) in [5.74, 6) is -0.655. The summed E-state index contributed by atoms with van der Waals surface area (Å²) >= 11 is 0. The van der Waals surface area contributed by atoms with Gasteiger partial charge in [0.15, 0.2) is 6.10 Å². The number of rotatable bonds is 5. The predicted octanol–water partition coefficient (Wildman–Crippen LogP) is 3.92. The van der Waals surface area contributed by atoms with E-state index in [9.17, 15) is 14.0 Å². The highest BCUT2D eigenvalue weighted by molar-refractivity contribution is 6.03. The van der Waals surface area contributed by atoms with E-state index in [1.165, 1.54) is 24.3 Å². The lowest BCUT2D eigenvalue weighted by molar-refractivity contribution is -0.117. The molecule has 1 amide bonds. The average molecular weight is 395 g/mol. The highest BCUT2D eigenvalue weighted by atomic mass is 19.1. The molecular formula is C21H18FN3O4. The van der Waals surface area contributed by atoms with Crippen molar-refractivity contribution in [1.82, 2.24) is 10.2 Å². The number of carbonyl (C=O) groups is 2. The maximum absolute atomic E-state index is 13.1. The number of benzene rings is 2. The summed E-state index contributed by atoms with van der Waals surface area (Å²) in [6.07, 6.45) is 0.423. The van der Waals surface area contributed by atoms with Gasteiger partial charge in [0.05, 0.1) is 11.3 Å². The lowest BCUT2D eigenvalue weighted by Gasteiger charge is -2.19. The van der Waals surface area contributed by atoms with Gasteiger partial charge in [-0.05, 0) is 49.7 Å². The Morgan fingerprint density at radius 2 is 1.93 bits per heavy atom. The van der Waals surface area contributed by atoms with E-state index < -0.39 is 12.1 Å². The number of anilines is 1. The van der Waals surface area contributed by atoms with Crippen molar-refractivity contribution in [3.8, 4) is 11.5 Å². The first-order chi connectivity index (χ1) is 14.0. The van der Waals surface area contributed by atoms with E-state index in [-0.39, 0.29) is 23.5 Å². The minimum absolute atomic E-state index is 0.0147. The molecule has 1 fully saturated rings. The summed E-state index contributed by atoms with van der Waals surface area (Å²) in [6.45, 7) is 2.19. The molecular weight excluding hydrogens is 377 g/mol. The molecule has 0 spiro atoms. The molecule has 2 heterocycles. The van der Waals surface area contributed by atoms with Gasteiger partial charge in [-0.25, -0.2) is 9.18 Å². The lowest BCUT2D eigenvalue weighted by atomic mass is 10.1. The lowest BCUT2D eigenvalue weighted by Crippen LogP contribution is -2.26. The second-order valence-electron chi connectivity index (χ2n) is 6.67. The molecule has 0 N–H and O–H groups in total. The highest BCUT2D eigenvalue weighted by Crippen LogP contribution is 2.28. The molecule has 0 saturated carbocycles. The normalized spacial score (nSPS) is 14.8. The van der Waals surface area contributed by atoms with Crippen LogP contribution in [0.2, 0.25) is 0 Å². The van der Waals surface area contributed by atoms with E-state index in [4.69, 9.17) is 9.15 Å². The summed E-state index contributed by atoms with van der Waals surface area (Å²) in [5, 5.41) is 7.85. The largest absolute Gasteiger partial charge is 0.449 e. The van der Waals surface area contributed by atoms with Gasteiger partial charge in [0.2, 0.25) is 11.8 Å². The maximum atomic E-state index is 13.1. The molecule has 0 radical (unpaired) electrons. The van der Waals surface area contributed by atoms with Gasteiger partial charge in [-0.15, -0.1) is 10.2 Å². The van der Waals surface area contributed by atoms with Crippen LogP contribution >= 0.6 is 0 Å². The number of carbonyl (C=O) groups excluding carboxylic acids is 2. The molecule has 0 unspecified atom stereocenters. The number of amides is 1. The number of para-hydroxylation sites is 1. The van der Waals surface area contributed by atoms with Crippen LogP contribution in [-0.4, -0.2) is 28.6 Å². The summed E-state index contributed by atoms with van der Waals surface area (Å²) in [5.41, 5.74) is 1.39. The summed E-state index contributed by atoms with van der Waals surface area (Å²) in [4.78, 5) is 26.4. The molecule has 1 saturated heterocycles. The maximum Gasteiger partial charge on any atom is 0.341 e. The molecule has 7 nitrogen and oxygen atoms in total. The van der Waals surface area contributed by atoms with Gasteiger partial charge >= 0.3 is 5.97 Å². The van der Waals surface area contributed by atoms with Gasteiger partial charge < -0.3 is 14.1 Å². The van der Waals surface area contributed by atoms with Crippen LogP contribution in [0.3, 0.4) is 0 Å². The van der Waals surface area contributed by atoms with Crippen LogP contribution in [0, 0.1) is 5.82 Å². The van der Waals surface area contributed by atoms with Crippen LogP contribution in [0.15, 0.2) is 52.9 Å². The second-order valence-corrected chi connectivity index (χ2v) is 6.67. The zero-order chi connectivity index (χ0) is 20.4. The topological polar surface area (TPSA) is 85.5 Å². The van der Waals surface area contributed by atoms with Crippen LogP contribution in [0.4, 0.5) is 10.1 Å². The molecule has 0 bridgehead atoms. The number of hydrogen-bond acceptors (Lipinski definition) is 6. The number of hydrogen-bond donors (Lipinski definition) is 0. The highest BCUT2D eigenvalue weighted by Gasteiger charge is 2.27. The minimum atomic E-state index is -0.800. The third-order valence-corrected chi connectivity index (χ3v) is 4.65. The molecule has 29 heavy (non-hydrogen) atoms. The van der Waals surface area contributed by atoms with E-state index in [0.717, 1.165) is 6.42 Å². The van der Waals surface area contributed by atoms with E-state index >= 15 is 0 Å². The molecule has 1 aromatic heterocycles. The van der Waals surface area contributed by atoms with Crippen molar-refractivity contribution in [2.45, 2.75) is 25.9 Å². The molecule has 2 aromatic carbocycles. The Morgan fingerprint density at radius 1 is 1.17 bits per heavy atom. The number of ether oxygens (including phenoxy) is 1. The monoisotopic (exact) mass is 395 g/mol. The van der Waals surface area contributed by atoms with Crippen LogP contribution in [0.25, 0.3) is 11.5 Å². The zero-order valence-electron chi connectivity index (χ0n) is 15.7. The fourth-order valence-corrected chi connectivity index (χ4v) is 3.17. The van der Waals surface area contributed by atoms with Crippen molar-refractivity contribution in [2.75, 3.05) is 11.4 Å². The third kappa shape index (κ3) is 3.87. The molecule has 0 aliphatic carbocycles. The third-order valence-electron chi connectivity index (χ3n) is 4.65. The van der Waals surface area contributed by atoms with E-state index in [1.54, 1.807) is 36.1 Å². The van der Waals surface area contributed by atoms with Crippen LogP contribution in [-0.2, 0) is 9.53 Å². The summed E-state index contributed by atoms with van der Waals surface area (Å²) in [6, 6.07) is 12.5. The first-order valence-corrected chi connectivity index (χ1v) is 9.22. The Labute approximate surface area is 166 Å². The van der Waals surface area contributed by atoms with E-state index in [0.29, 0.717) is 29.8 Å². The Hall–Kier alpha value is -3.55. The van der Waals surface area contributed by atoms with Crippen molar-refractivity contribution in [1.29, 1.82) is 0 Å². The number of aromatic nitrogens is 2. The van der Waals surface area contributed by atoms with E-state index in [1.807, 2.05) is 0 Å². The standard InChI is InChI=1S/C21H18FN3O4/c1-13(19-23-24-20(29-19)14-8-10-15(22)11-9-14)28-21(27)16-5-2-3-6-17(16)25-12-4-7-18(25)26/h2-3,5-6,8-11,13H,4,7,12H2,1H3/t13-/m1/s1. The quantitative estimate of drug-likeness (QED) is 0.609. The SMILES string of the molecule is C[C@@H](OC(=O)c1ccccc1N1CCCC1=O)c1nnc(-c2ccc(F)cc2)o1. The Morgan fingerprint density at radius 3 is 2.66 bits per heavy atom. The van der Waals surface area contributed by atoms with Crippen LogP contribution in [0.5, 0.6) is 0 Å². The molecule has 4 rings (SSSR count). The fraction of sp³-hybridized carbons (Fsp3) is 0.238. The number of esters is 1. The molecule has 1 aliphatic heterocycles.